The van der Waals surface area contributed by atoms with E-state index >= 15 is 0 Å². The predicted molar refractivity (Wildman–Crippen MR) is 181 cm³/mol. The predicted octanol–water partition coefficient (Wildman–Crippen LogP) is 7.26. The van der Waals surface area contributed by atoms with E-state index in [4.69, 9.17) is 4.74 Å². The third-order valence-electron chi connectivity index (χ3n) is 7.99. The van der Waals surface area contributed by atoms with E-state index in [0.717, 1.165) is 22.4 Å². The molecule has 0 saturated carbocycles. The molecule has 3 amide bonds. The van der Waals surface area contributed by atoms with Crippen LogP contribution in [0.4, 0.5) is 9.93 Å². The lowest BCUT2D eigenvalue weighted by atomic mass is 9.98. The molecule has 0 saturated heterocycles. The highest BCUT2D eigenvalue weighted by atomic mass is 32.1. The molecule has 1 heterocycles. The van der Waals surface area contributed by atoms with Crippen molar-refractivity contribution in [2.24, 2.45) is 0 Å². The lowest BCUT2D eigenvalue weighted by Crippen LogP contribution is -2.43. The first kappa shape index (κ1) is 30.7. The summed E-state index contributed by atoms with van der Waals surface area (Å²) < 4.78 is 5.63. The topological polar surface area (TPSA) is 109 Å². The molecule has 46 heavy (non-hydrogen) atoms. The van der Waals surface area contributed by atoms with Crippen LogP contribution < -0.4 is 16.0 Å². The van der Waals surface area contributed by atoms with Crippen molar-refractivity contribution in [3.63, 3.8) is 0 Å². The van der Waals surface area contributed by atoms with Gasteiger partial charge in [-0.05, 0) is 53.6 Å². The van der Waals surface area contributed by atoms with Crippen molar-refractivity contribution in [2.75, 3.05) is 18.5 Å². The van der Waals surface area contributed by atoms with Crippen molar-refractivity contribution >= 4 is 34.4 Å². The Morgan fingerprint density at radius 2 is 1.41 bits per heavy atom. The van der Waals surface area contributed by atoms with Crippen molar-refractivity contribution in [3.8, 4) is 22.4 Å². The molecule has 1 atom stereocenters. The van der Waals surface area contributed by atoms with E-state index in [2.05, 4.69) is 45.2 Å². The van der Waals surface area contributed by atoms with Gasteiger partial charge >= 0.3 is 6.09 Å². The van der Waals surface area contributed by atoms with Gasteiger partial charge < -0.3 is 20.7 Å². The lowest BCUT2D eigenvalue weighted by Gasteiger charge is -2.18. The van der Waals surface area contributed by atoms with Crippen LogP contribution in [0.3, 0.4) is 0 Å². The van der Waals surface area contributed by atoms with Crippen molar-refractivity contribution in [3.05, 3.63) is 131 Å². The van der Waals surface area contributed by atoms with Crippen molar-refractivity contribution in [1.29, 1.82) is 0 Å². The summed E-state index contributed by atoms with van der Waals surface area (Å²) in [4.78, 5) is 43.4. The third-order valence-corrected chi connectivity index (χ3v) is 8.75. The second-order valence-corrected chi connectivity index (χ2v) is 11.9. The maximum absolute atomic E-state index is 13.3. The highest BCUT2D eigenvalue weighted by Crippen LogP contribution is 2.44. The molecule has 9 heteroatoms. The molecule has 0 radical (unpaired) electrons. The van der Waals surface area contributed by atoms with Crippen LogP contribution >= 0.6 is 11.3 Å². The number of hydrogen-bond acceptors (Lipinski definition) is 6. The number of rotatable bonds is 12. The number of carbonyl (C=O) groups is 3. The monoisotopic (exact) mass is 630 g/mol. The van der Waals surface area contributed by atoms with E-state index in [9.17, 15) is 14.4 Å². The van der Waals surface area contributed by atoms with Gasteiger partial charge in [0.05, 0.1) is 5.69 Å². The number of nitrogens with zero attached hydrogens (tertiary/aromatic N) is 1. The fraction of sp³-hybridized carbons (Fsp3) is 0.189. The maximum atomic E-state index is 13.3. The molecule has 3 N–H and O–H groups in total. The summed E-state index contributed by atoms with van der Waals surface area (Å²) >= 11 is 1.33. The molecular formula is C37H34N4O4S. The summed E-state index contributed by atoms with van der Waals surface area (Å²) in [6.45, 7) is 0.626. The zero-order valence-corrected chi connectivity index (χ0v) is 26.0. The van der Waals surface area contributed by atoms with Gasteiger partial charge in [0.25, 0.3) is 5.91 Å². The molecule has 1 aromatic heterocycles. The van der Waals surface area contributed by atoms with Crippen LogP contribution in [0, 0.1) is 0 Å². The van der Waals surface area contributed by atoms with E-state index in [1.54, 1.807) is 24.3 Å². The number of carbonyl (C=O) groups excluding carboxylic acids is 3. The fourth-order valence-corrected chi connectivity index (χ4v) is 6.40. The van der Waals surface area contributed by atoms with Gasteiger partial charge in [-0.3, -0.25) is 9.59 Å². The molecule has 0 unspecified atom stereocenters. The summed E-state index contributed by atoms with van der Waals surface area (Å²) in [5.41, 5.74) is 6.87. The number of nitrogens with one attached hydrogen (secondary N) is 3. The van der Waals surface area contributed by atoms with Gasteiger partial charge in [-0.25, -0.2) is 9.78 Å². The Bertz CT molecular complexity index is 1760. The summed E-state index contributed by atoms with van der Waals surface area (Å²) in [7, 11) is 0. The number of hydrogen-bond donors (Lipinski definition) is 3. The number of aromatic nitrogens is 1. The van der Waals surface area contributed by atoms with E-state index < -0.39 is 12.1 Å². The van der Waals surface area contributed by atoms with Crippen molar-refractivity contribution in [1.82, 2.24) is 15.6 Å². The Labute approximate surface area is 271 Å². The normalized spacial score (nSPS) is 12.4. The first-order chi connectivity index (χ1) is 22.6. The van der Waals surface area contributed by atoms with Crippen LogP contribution in [-0.2, 0) is 9.53 Å². The van der Waals surface area contributed by atoms with Gasteiger partial charge in [0.15, 0.2) is 5.13 Å². The zero-order valence-electron chi connectivity index (χ0n) is 25.1. The highest BCUT2D eigenvalue weighted by Gasteiger charge is 2.29. The van der Waals surface area contributed by atoms with E-state index in [-0.39, 0.29) is 24.3 Å². The molecule has 8 nitrogen and oxygen atoms in total. The first-order valence-corrected chi connectivity index (χ1v) is 16.2. The zero-order chi connectivity index (χ0) is 31.7. The molecule has 4 aromatic carbocycles. The van der Waals surface area contributed by atoms with Crippen molar-refractivity contribution < 1.29 is 19.1 Å². The van der Waals surface area contributed by atoms with E-state index in [1.807, 2.05) is 66.0 Å². The van der Waals surface area contributed by atoms with Crippen LogP contribution in [0.1, 0.15) is 46.7 Å². The number of thiazole rings is 1. The van der Waals surface area contributed by atoms with Gasteiger partial charge in [0, 0.05) is 29.0 Å². The first-order valence-electron chi connectivity index (χ1n) is 15.3. The number of unbranched alkanes of at least 4 members (excludes halogenated alkanes) is 1. The molecule has 1 aliphatic carbocycles. The van der Waals surface area contributed by atoms with E-state index in [1.165, 1.54) is 22.5 Å². The van der Waals surface area contributed by atoms with Crippen LogP contribution in [0.2, 0.25) is 0 Å². The number of anilines is 1. The molecular weight excluding hydrogens is 596 g/mol. The number of ether oxygens (including phenoxy) is 1. The molecule has 1 aliphatic rings. The van der Waals surface area contributed by atoms with Gasteiger partial charge in [0.2, 0.25) is 5.91 Å². The van der Waals surface area contributed by atoms with Crippen molar-refractivity contribution in [2.45, 2.75) is 31.2 Å². The molecule has 6 rings (SSSR count). The van der Waals surface area contributed by atoms with E-state index in [0.29, 0.717) is 36.5 Å². The minimum atomic E-state index is -0.786. The largest absolute Gasteiger partial charge is 0.449 e. The summed E-state index contributed by atoms with van der Waals surface area (Å²) in [5, 5.41) is 10.9. The Morgan fingerprint density at radius 1 is 0.783 bits per heavy atom. The molecule has 0 fully saturated rings. The molecule has 5 aromatic rings. The smallest absolute Gasteiger partial charge is 0.407 e. The summed E-state index contributed by atoms with van der Waals surface area (Å²) in [6, 6.07) is 34.2. The highest BCUT2D eigenvalue weighted by molar-refractivity contribution is 7.14. The quantitative estimate of drug-likeness (QED) is 0.126. The molecule has 0 bridgehead atoms. The van der Waals surface area contributed by atoms with Crippen LogP contribution in [0.25, 0.3) is 22.4 Å². The SMILES string of the molecule is O=C(NCCCC[C@H](NC(=O)c1ccccc1)C(=O)Nc1nc(-c2ccccc2)cs1)OCC1c2ccccc2-c2ccccc21. The third kappa shape index (κ3) is 7.33. The number of benzene rings is 4. The summed E-state index contributed by atoms with van der Waals surface area (Å²) in [5.74, 6) is -0.684. The van der Waals surface area contributed by atoms with Crippen LogP contribution in [-0.4, -0.2) is 42.1 Å². The number of fused-ring (bicyclic) bond motifs is 3. The maximum Gasteiger partial charge on any atom is 0.407 e. The Morgan fingerprint density at radius 3 is 2.11 bits per heavy atom. The van der Waals surface area contributed by atoms with Gasteiger partial charge in [-0.1, -0.05) is 97.1 Å². The van der Waals surface area contributed by atoms with Gasteiger partial charge in [-0.2, -0.15) is 0 Å². The lowest BCUT2D eigenvalue weighted by molar-refractivity contribution is -0.118. The average molecular weight is 631 g/mol. The Hall–Kier alpha value is -5.28. The Kier molecular flexibility index (Phi) is 9.80. The van der Waals surface area contributed by atoms with Crippen LogP contribution in [0.15, 0.2) is 115 Å². The summed E-state index contributed by atoms with van der Waals surface area (Å²) in [6.07, 6.45) is 1.09. The fourth-order valence-electron chi connectivity index (χ4n) is 5.68. The minimum absolute atomic E-state index is 0.00717. The minimum Gasteiger partial charge on any atom is -0.449 e. The van der Waals surface area contributed by atoms with Crippen LogP contribution in [0.5, 0.6) is 0 Å². The standard InChI is InChI=1S/C37H34N4O4S/c42-34(26-15-5-2-6-16-26)39-32(35(43)41-36-40-33(24-46-36)25-13-3-1-4-14-25)21-11-12-22-38-37(44)45-23-31-29-19-9-7-17-27(29)28-18-8-10-20-30(28)31/h1-10,13-20,24,31-32H,11-12,21-23H2,(H,38,44)(H,39,42)(H,40,41,43)/t32-/m0/s1. The molecule has 232 valence electrons. The molecule has 0 spiro atoms. The second-order valence-electron chi connectivity index (χ2n) is 11.0. The second kappa shape index (κ2) is 14.7. The van der Waals surface area contributed by atoms with Gasteiger partial charge in [-0.15, -0.1) is 11.3 Å². The van der Waals surface area contributed by atoms with Gasteiger partial charge in [0.1, 0.15) is 12.6 Å². The number of alkyl carbamates (subject to hydrolysis) is 1. The number of amides is 3. The Balaban J connectivity index is 1.00. The molecule has 0 aliphatic heterocycles. The average Bonchev–Trinajstić information content (AvgIpc) is 3.70.